The van der Waals surface area contributed by atoms with Gasteiger partial charge in [0.05, 0.1) is 12.5 Å². The average molecular weight is 435 g/mol. The highest BCUT2D eigenvalue weighted by atomic mass is 32.1. The molecule has 0 saturated carbocycles. The molecule has 7 heteroatoms. The van der Waals surface area contributed by atoms with Crippen LogP contribution in [0.3, 0.4) is 0 Å². The minimum Gasteiger partial charge on any atom is -0.497 e. The van der Waals surface area contributed by atoms with Gasteiger partial charge in [-0.25, -0.2) is 9.78 Å². The summed E-state index contributed by atoms with van der Waals surface area (Å²) in [7, 11) is 1.59. The first-order valence-corrected chi connectivity index (χ1v) is 10.6. The minimum atomic E-state index is -1.50. The van der Waals surface area contributed by atoms with Gasteiger partial charge in [-0.15, -0.1) is 11.3 Å². The molecule has 0 aliphatic heterocycles. The molecule has 0 fully saturated rings. The van der Waals surface area contributed by atoms with E-state index in [1.54, 1.807) is 7.11 Å². The topological polar surface area (TPSA) is 81.4 Å². The van der Waals surface area contributed by atoms with Gasteiger partial charge in [0, 0.05) is 16.5 Å². The van der Waals surface area contributed by atoms with Crippen LogP contribution >= 0.6 is 11.3 Å². The standard InChI is InChI=1S/C24H22N2O4S/c1-14-7-5-9-16(11-14)20-25-21-19(22(27)26(20)24(2,3)23(28)29)18(13-31-21)15-8-6-10-17(12-15)30-4/h5-13H,1-4H3,(H,28,29). The molecule has 0 radical (unpaired) electrons. The van der Waals surface area contributed by atoms with E-state index in [4.69, 9.17) is 9.72 Å². The molecule has 158 valence electrons. The van der Waals surface area contributed by atoms with Crippen molar-refractivity contribution in [2.24, 2.45) is 0 Å². The van der Waals surface area contributed by atoms with Gasteiger partial charge < -0.3 is 9.84 Å². The maximum Gasteiger partial charge on any atom is 0.329 e. The summed E-state index contributed by atoms with van der Waals surface area (Å²) in [5.74, 6) is -0.0946. The lowest BCUT2D eigenvalue weighted by atomic mass is 10.0. The summed E-state index contributed by atoms with van der Waals surface area (Å²) >= 11 is 1.36. The van der Waals surface area contributed by atoms with Crippen LogP contribution < -0.4 is 10.3 Å². The van der Waals surface area contributed by atoms with E-state index < -0.39 is 11.5 Å². The lowest BCUT2D eigenvalue weighted by Crippen LogP contribution is -2.44. The number of carboxylic acid groups (broad SMARTS) is 1. The van der Waals surface area contributed by atoms with Crippen molar-refractivity contribution in [3.63, 3.8) is 0 Å². The summed E-state index contributed by atoms with van der Waals surface area (Å²) < 4.78 is 6.61. The summed E-state index contributed by atoms with van der Waals surface area (Å²) in [6.07, 6.45) is 0. The van der Waals surface area contributed by atoms with E-state index >= 15 is 0 Å². The minimum absolute atomic E-state index is 0.340. The number of thiophene rings is 1. The summed E-state index contributed by atoms with van der Waals surface area (Å²) in [6.45, 7) is 4.97. The van der Waals surface area contributed by atoms with Crippen molar-refractivity contribution in [1.29, 1.82) is 0 Å². The van der Waals surface area contributed by atoms with Gasteiger partial charge in [0.15, 0.2) is 0 Å². The number of fused-ring (bicyclic) bond motifs is 1. The number of rotatable bonds is 5. The maximum atomic E-state index is 13.8. The van der Waals surface area contributed by atoms with Crippen molar-refractivity contribution in [3.05, 3.63) is 69.8 Å². The molecule has 2 aromatic carbocycles. The van der Waals surface area contributed by atoms with E-state index in [9.17, 15) is 14.7 Å². The van der Waals surface area contributed by atoms with E-state index in [-0.39, 0.29) is 5.56 Å². The van der Waals surface area contributed by atoms with Crippen LogP contribution in [-0.4, -0.2) is 27.7 Å². The van der Waals surface area contributed by atoms with E-state index in [2.05, 4.69) is 0 Å². The summed E-state index contributed by atoms with van der Waals surface area (Å²) in [4.78, 5) is 31.3. The first-order valence-electron chi connectivity index (χ1n) is 9.73. The number of aromatic nitrogens is 2. The van der Waals surface area contributed by atoms with Crippen molar-refractivity contribution in [1.82, 2.24) is 9.55 Å². The Morgan fingerprint density at radius 2 is 1.84 bits per heavy atom. The molecule has 0 aliphatic carbocycles. The van der Waals surface area contributed by atoms with Crippen LogP contribution in [0, 0.1) is 6.92 Å². The average Bonchev–Trinajstić information content (AvgIpc) is 3.18. The van der Waals surface area contributed by atoms with Gasteiger partial charge >= 0.3 is 5.97 Å². The van der Waals surface area contributed by atoms with Crippen LogP contribution in [0.5, 0.6) is 5.75 Å². The third kappa shape index (κ3) is 3.51. The summed E-state index contributed by atoms with van der Waals surface area (Å²) in [6, 6.07) is 15.0. The Hall–Kier alpha value is -3.45. The predicted molar refractivity (Wildman–Crippen MR) is 123 cm³/mol. The second-order valence-electron chi connectivity index (χ2n) is 7.87. The quantitative estimate of drug-likeness (QED) is 0.482. The van der Waals surface area contributed by atoms with Crippen LogP contribution in [-0.2, 0) is 10.3 Å². The number of benzene rings is 2. The lowest BCUT2D eigenvalue weighted by molar-refractivity contribution is -0.145. The Bertz CT molecular complexity index is 1370. The Morgan fingerprint density at radius 3 is 2.52 bits per heavy atom. The Kier molecular flexibility index (Phi) is 5.15. The van der Waals surface area contributed by atoms with E-state index in [1.165, 1.54) is 29.8 Å². The van der Waals surface area contributed by atoms with Gasteiger partial charge in [0.25, 0.3) is 5.56 Å². The smallest absolute Gasteiger partial charge is 0.329 e. The zero-order chi connectivity index (χ0) is 22.3. The Labute approximate surface area is 183 Å². The number of nitrogens with zero attached hydrogens (tertiary/aromatic N) is 2. The molecule has 2 aromatic heterocycles. The second kappa shape index (κ2) is 7.67. The molecule has 2 heterocycles. The highest BCUT2D eigenvalue weighted by Gasteiger charge is 2.35. The SMILES string of the molecule is COc1cccc(-c2csc3nc(-c4cccc(C)c4)n(C(C)(C)C(=O)O)c(=O)c23)c1. The van der Waals surface area contributed by atoms with Crippen LogP contribution in [0.1, 0.15) is 19.4 Å². The highest BCUT2D eigenvalue weighted by molar-refractivity contribution is 7.17. The Balaban J connectivity index is 2.09. The van der Waals surface area contributed by atoms with Gasteiger partial charge in [0.1, 0.15) is 21.9 Å². The zero-order valence-corrected chi connectivity index (χ0v) is 18.5. The zero-order valence-electron chi connectivity index (χ0n) is 17.7. The van der Waals surface area contributed by atoms with Gasteiger partial charge in [0.2, 0.25) is 0 Å². The van der Waals surface area contributed by atoms with Crippen molar-refractivity contribution in [2.75, 3.05) is 7.11 Å². The molecule has 0 amide bonds. The number of methoxy groups -OCH3 is 1. The fourth-order valence-electron chi connectivity index (χ4n) is 3.59. The van der Waals surface area contributed by atoms with Crippen LogP contribution in [0.2, 0.25) is 0 Å². The fraction of sp³-hybridized carbons (Fsp3) is 0.208. The largest absolute Gasteiger partial charge is 0.497 e. The second-order valence-corrected chi connectivity index (χ2v) is 8.73. The van der Waals surface area contributed by atoms with E-state index in [0.29, 0.717) is 32.9 Å². The van der Waals surface area contributed by atoms with Crippen molar-refractivity contribution < 1.29 is 14.6 Å². The third-order valence-corrected chi connectivity index (χ3v) is 6.22. The molecular weight excluding hydrogens is 412 g/mol. The van der Waals surface area contributed by atoms with Crippen molar-refractivity contribution >= 4 is 27.5 Å². The maximum absolute atomic E-state index is 13.8. The van der Waals surface area contributed by atoms with Gasteiger partial charge in [-0.2, -0.15) is 0 Å². The van der Waals surface area contributed by atoms with Gasteiger partial charge in [-0.3, -0.25) is 9.36 Å². The number of ether oxygens (including phenoxy) is 1. The van der Waals surface area contributed by atoms with Crippen LogP contribution in [0.4, 0.5) is 0 Å². The number of hydrogen-bond acceptors (Lipinski definition) is 5. The monoisotopic (exact) mass is 434 g/mol. The number of aryl methyl sites for hydroxylation is 1. The molecule has 6 nitrogen and oxygen atoms in total. The molecule has 0 aliphatic rings. The highest BCUT2D eigenvalue weighted by Crippen LogP contribution is 2.35. The fourth-order valence-corrected chi connectivity index (χ4v) is 4.52. The van der Waals surface area contributed by atoms with E-state index in [1.807, 2.05) is 60.8 Å². The predicted octanol–water partition coefficient (Wildman–Crippen LogP) is 4.93. The number of hydrogen-bond donors (Lipinski definition) is 1. The molecule has 0 spiro atoms. The van der Waals surface area contributed by atoms with E-state index in [0.717, 1.165) is 11.1 Å². The van der Waals surface area contributed by atoms with Crippen LogP contribution in [0.25, 0.3) is 32.7 Å². The first kappa shape index (κ1) is 20.8. The number of aliphatic carboxylic acids is 1. The molecule has 0 unspecified atom stereocenters. The molecule has 0 atom stereocenters. The molecular formula is C24H22N2O4S. The van der Waals surface area contributed by atoms with Gasteiger partial charge in [-0.1, -0.05) is 35.9 Å². The molecule has 4 aromatic rings. The third-order valence-electron chi connectivity index (χ3n) is 5.35. The number of carboxylic acids is 1. The molecule has 0 saturated heterocycles. The lowest BCUT2D eigenvalue weighted by Gasteiger charge is -2.26. The van der Waals surface area contributed by atoms with Crippen molar-refractivity contribution in [2.45, 2.75) is 26.3 Å². The van der Waals surface area contributed by atoms with Crippen LogP contribution in [0.15, 0.2) is 58.7 Å². The molecule has 1 N–H and O–H groups in total. The normalized spacial score (nSPS) is 11.6. The summed E-state index contributed by atoms with van der Waals surface area (Å²) in [5, 5.41) is 12.2. The summed E-state index contributed by atoms with van der Waals surface area (Å²) in [5.41, 5.74) is 1.34. The Morgan fingerprint density at radius 1 is 1.13 bits per heavy atom. The molecule has 31 heavy (non-hydrogen) atoms. The van der Waals surface area contributed by atoms with Gasteiger partial charge in [-0.05, 0) is 44.5 Å². The molecule has 4 rings (SSSR count). The molecule has 0 bridgehead atoms. The van der Waals surface area contributed by atoms with Crippen molar-refractivity contribution in [3.8, 4) is 28.3 Å². The number of carbonyl (C=O) groups is 1. The first-order chi connectivity index (χ1) is 14.7.